The smallest absolute Gasteiger partial charge is 0.227 e. The predicted molar refractivity (Wildman–Crippen MR) is 256 cm³/mol. The number of aromatic nitrogens is 5. The Hall–Kier alpha value is -8.61. The molecule has 0 amide bonds. The average Bonchev–Trinajstić information content (AvgIpc) is 3.82. The van der Waals surface area contributed by atoms with Crippen molar-refractivity contribution in [3.63, 3.8) is 0 Å². The zero-order valence-electron chi connectivity index (χ0n) is 33.9. The van der Waals surface area contributed by atoms with E-state index in [-0.39, 0.29) is 0 Å². The van der Waals surface area contributed by atoms with E-state index in [0.717, 1.165) is 99.6 Å². The fraction of sp³-hybridized carbons (Fsp3) is 0. The van der Waals surface area contributed by atoms with E-state index in [1.54, 1.807) is 0 Å². The minimum Gasteiger partial charge on any atom is -0.436 e. The van der Waals surface area contributed by atoms with Crippen molar-refractivity contribution in [3.8, 4) is 79.3 Å². The Kier molecular flexibility index (Phi) is 8.71. The van der Waals surface area contributed by atoms with Gasteiger partial charge in [-0.2, -0.15) is 0 Å². The van der Waals surface area contributed by atoms with E-state index in [1.807, 2.05) is 54.6 Å². The van der Waals surface area contributed by atoms with Crippen molar-refractivity contribution in [3.05, 3.63) is 212 Å². The third-order valence-electron chi connectivity index (χ3n) is 11.7. The van der Waals surface area contributed by atoms with Crippen molar-refractivity contribution < 1.29 is 4.42 Å². The van der Waals surface area contributed by atoms with Crippen LogP contribution in [-0.2, 0) is 0 Å². The SMILES string of the molecule is c1ccc(-c2cc(-c3cc(-c4cc(-c5ccccc5)nc(-c5cccc6ccccc56)n4)cc(-c4nc5c(ccc6ccccc65)o4)c3)nc(-c3cccc4ccccc34)n2)cc1. The average molecular weight is 806 g/mol. The molecular formula is C57H35N5O. The third kappa shape index (κ3) is 6.67. The molecule has 0 N–H and O–H groups in total. The molecule has 3 aromatic heterocycles. The van der Waals surface area contributed by atoms with Crippen LogP contribution in [0.5, 0.6) is 0 Å². The molecule has 0 aliphatic carbocycles. The van der Waals surface area contributed by atoms with Gasteiger partial charge in [0.2, 0.25) is 5.89 Å². The van der Waals surface area contributed by atoms with Crippen molar-refractivity contribution >= 4 is 43.4 Å². The second kappa shape index (κ2) is 15.1. The first kappa shape index (κ1) is 36.3. The Morgan fingerprint density at radius 2 is 0.698 bits per heavy atom. The Morgan fingerprint density at radius 1 is 0.286 bits per heavy atom. The number of nitrogens with zero attached hydrogens (tertiary/aromatic N) is 5. The molecule has 12 rings (SSSR count). The Balaban J connectivity index is 1.13. The highest BCUT2D eigenvalue weighted by Crippen LogP contribution is 2.39. The summed E-state index contributed by atoms with van der Waals surface area (Å²) >= 11 is 0. The van der Waals surface area contributed by atoms with Crippen LogP contribution < -0.4 is 0 Å². The molecule has 294 valence electrons. The molecule has 0 aliphatic rings. The molecular weight excluding hydrogens is 771 g/mol. The minimum atomic E-state index is 0.502. The maximum absolute atomic E-state index is 6.64. The molecule has 0 aliphatic heterocycles. The summed E-state index contributed by atoms with van der Waals surface area (Å²) in [6, 6.07) is 72.8. The number of oxazole rings is 1. The van der Waals surface area contributed by atoms with E-state index >= 15 is 0 Å². The van der Waals surface area contributed by atoms with Crippen molar-refractivity contribution in [2.75, 3.05) is 0 Å². The van der Waals surface area contributed by atoms with Gasteiger partial charge in [-0.05, 0) is 63.3 Å². The zero-order valence-corrected chi connectivity index (χ0v) is 33.9. The Bertz CT molecular complexity index is 3500. The normalized spacial score (nSPS) is 11.5. The maximum Gasteiger partial charge on any atom is 0.227 e. The second-order valence-corrected chi connectivity index (χ2v) is 15.7. The van der Waals surface area contributed by atoms with Crippen molar-refractivity contribution in [1.29, 1.82) is 0 Å². The molecule has 0 saturated heterocycles. The van der Waals surface area contributed by atoms with Crippen LogP contribution in [0.15, 0.2) is 217 Å². The van der Waals surface area contributed by atoms with E-state index < -0.39 is 0 Å². The number of hydrogen-bond donors (Lipinski definition) is 0. The summed E-state index contributed by atoms with van der Waals surface area (Å²) in [6.45, 7) is 0. The number of fused-ring (bicyclic) bond motifs is 5. The predicted octanol–water partition coefficient (Wildman–Crippen LogP) is 14.5. The van der Waals surface area contributed by atoms with Gasteiger partial charge in [0.1, 0.15) is 5.52 Å². The summed E-state index contributed by atoms with van der Waals surface area (Å²) in [5.74, 6) is 1.77. The van der Waals surface area contributed by atoms with Crippen LogP contribution in [0.4, 0.5) is 0 Å². The van der Waals surface area contributed by atoms with Gasteiger partial charge in [0.15, 0.2) is 17.2 Å². The van der Waals surface area contributed by atoms with E-state index in [0.29, 0.717) is 23.1 Å². The van der Waals surface area contributed by atoms with Crippen LogP contribution in [0.1, 0.15) is 0 Å². The Labute approximate surface area is 362 Å². The van der Waals surface area contributed by atoms with Gasteiger partial charge in [-0.3, -0.25) is 0 Å². The zero-order chi connectivity index (χ0) is 41.7. The van der Waals surface area contributed by atoms with Crippen LogP contribution in [-0.4, -0.2) is 24.9 Å². The fourth-order valence-electron chi connectivity index (χ4n) is 8.62. The van der Waals surface area contributed by atoms with Gasteiger partial charge in [0, 0.05) is 44.3 Å². The first-order valence-electron chi connectivity index (χ1n) is 21.0. The van der Waals surface area contributed by atoms with E-state index in [4.69, 9.17) is 29.3 Å². The minimum absolute atomic E-state index is 0.502. The largest absolute Gasteiger partial charge is 0.436 e. The number of hydrogen-bond acceptors (Lipinski definition) is 6. The molecule has 6 nitrogen and oxygen atoms in total. The molecule has 6 heteroatoms. The Morgan fingerprint density at radius 3 is 1.22 bits per heavy atom. The summed E-state index contributed by atoms with van der Waals surface area (Å²) in [6.07, 6.45) is 0. The standard InChI is InChI=1S/C57H35N5O/c1-3-18-39(19-4-1)49-34-51(60-55(58-49)47-27-13-22-36-15-7-10-24-44(36)47)41-31-42(33-43(32-41)57-62-54-46-26-12-9-17-38(46)29-30-53(54)63-57)52-35-50(40-20-5-2-6-21-40)59-56(61-52)48-28-14-23-37-16-8-11-25-45(37)48/h1-35H. The lowest BCUT2D eigenvalue weighted by Gasteiger charge is -2.14. The van der Waals surface area contributed by atoms with Crippen molar-refractivity contribution in [1.82, 2.24) is 24.9 Å². The van der Waals surface area contributed by atoms with Crippen LogP contribution in [0.25, 0.3) is 123 Å². The molecule has 0 bridgehead atoms. The number of benzene rings is 9. The summed E-state index contributed by atoms with van der Waals surface area (Å²) in [4.78, 5) is 26.4. The molecule has 63 heavy (non-hydrogen) atoms. The first-order valence-corrected chi connectivity index (χ1v) is 21.0. The van der Waals surface area contributed by atoms with Gasteiger partial charge >= 0.3 is 0 Å². The van der Waals surface area contributed by atoms with E-state index in [1.165, 1.54) is 0 Å². The van der Waals surface area contributed by atoms with Gasteiger partial charge in [-0.1, -0.05) is 176 Å². The quantitative estimate of drug-likeness (QED) is 0.160. The second-order valence-electron chi connectivity index (χ2n) is 15.7. The van der Waals surface area contributed by atoms with Gasteiger partial charge < -0.3 is 4.42 Å². The first-order chi connectivity index (χ1) is 31.2. The molecule has 0 fully saturated rings. The summed E-state index contributed by atoms with van der Waals surface area (Å²) < 4.78 is 6.64. The molecule has 12 aromatic rings. The van der Waals surface area contributed by atoms with E-state index in [2.05, 4.69) is 158 Å². The summed E-state index contributed by atoms with van der Waals surface area (Å²) in [7, 11) is 0. The molecule has 3 heterocycles. The molecule has 9 aromatic carbocycles. The fourth-order valence-corrected chi connectivity index (χ4v) is 8.62. The van der Waals surface area contributed by atoms with Crippen LogP contribution in [0.2, 0.25) is 0 Å². The van der Waals surface area contributed by atoms with Crippen LogP contribution >= 0.6 is 0 Å². The van der Waals surface area contributed by atoms with Gasteiger partial charge in [-0.15, -0.1) is 0 Å². The molecule has 0 unspecified atom stereocenters. The molecule has 0 radical (unpaired) electrons. The highest BCUT2D eigenvalue weighted by molar-refractivity contribution is 6.04. The molecule has 0 saturated carbocycles. The van der Waals surface area contributed by atoms with Gasteiger partial charge in [-0.25, -0.2) is 24.9 Å². The molecule has 0 atom stereocenters. The summed E-state index contributed by atoms with van der Waals surface area (Å²) in [5.41, 5.74) is 11.1. The van der Waals surface area contributed by atoms with E-state index in [9.17, 15) is 0 Å². The number of rotatable bonds is 7. The van der Waals surface area contributed by atoms with Crippen LogP contribution in [0, 0.1) is 0 Å². The lowest BCUT2D eigenvalue weighted by Crippen LogP contribution is -1.99. The highest BCUT2D eigenvalue weighted by atomic mass is 16.3. The lowest BCUT2D eigenvalue weighted by atomic mass is 9.98. The summed E-state index contributed by atoms with van der Waals surface area (Å²) in [5, 5.41) is 6.55. The van der Waals surface area contributed by atoms with Gasteiger partial charge in [0.25, 0.3) is 0 Å². The monoisotopic (exact) mass is 805 g/mol. The lowest BCUT2D eigenvalue weighted by molar-refractivity contribution is 0.620. The molecule has 0 spiro atoms. The third-order valence-corrected chi connectivity index (χ3v) is 11.7. The maximum atomic E-state index is 6.64. The van der Waals surface area contributed by atoms with Crippen molar-refractivity contribution in [2.24, 2.45) is 0 Å². The topological polar surface area (TPSA) is 77.6 Å². The van der Waals surface area contributed by atoms with Gasteiger partial charge in [0.05, 0.1) is 22.8 Å². The van der Waals surface area contributed by atoms with Crippen molar-refractivity contribution in [2.45, 2.75) is 0 Å². The van der Waals surface area contributed by atoms with Crippen LogP contribution in [0.3, 0.4) is 0 Å². The highest BCUT2D eigenvalue weighted by Gasteiger charge is 2.20.